The molecule has 60 heavy (non-hydrogen) atoms. The Kier molecular flexibility index (Phi) is 8.96. The van der Waals surface area contributed by atoms with Gasteiger partial charge in [-0.1, -0.05) is 109 Å². The van der Waals surface area contributed by atoms with E-state index in [1.165, 1.54) is 100 Å². The molecule has 3 nitrogen and oxygen atoms in total. The summed E-state index contributed by atoms with van der Waals surface area (Å²) in [5, 5.41) is 0. The highest BCUT2D eigenvalue weighted by molar-refractivity contribution is 6.29. The summed E-state index contributed by atoms with van der Waals surface area (Å²) in [5.74, 6) is 1.13. The van der Waals surface area contributed by atoms with Gasteiger partial charge in [0.2, 0.25) is 0 Å². The molecular weight excluding hydrogens is 749 g/mol. The van der Waals surface area contributed by atoms with Crippen LogP contribution in [0.5, 0.6) is 11.5 Å². The van der Waals surface area contributed by atoms with E-state index in [1.807, 2.05) is 12.1 Å². The molecule has 4 heteroatoms. The van der Waals surface area contributed by atoms with Crippen LogP contribution in [0.4, 0.5) is 0 Å². The minimum atomic E-state index is -3.01. The summed E-state index contributed by atoms with van der Waals surface area (Å²) in [7, 11) is -3.01. The predicted octanol–water partition coefficient (Wildman–Crippen LogP) is 15.0. The molecule has 0 radical (unpaired) electrons. The highest BCUT2D eigenvalue weighted by atomic mass is 28.3. The van der Waals surface area contributed by atoms with Crippen LogP contribution in [-0.2, 0) is 4.46 Å². The number of hydrogen-bond donors (Lipinski definition) is 0. The van der Waals surface area contributed by atoms with E-state index in [4.69, 9.17) is 8.85 Å². The summed E-state index contributed by atoms with van der Waals surface area (Å²) in [6.07, 6.45) is 0. The third kappa shape index (κ3) is 5.69. The van der Waals surface area contributed by atoms with Crippen LogP contribution in [0.2, 0.25) is 0 Å². The van der Waals surface area contributed by atoms with Gasteiger partial charge in [-0.05, 0) is 213 Å². The predicted molar refractivity (Wildman–Crippen MR) is 249 cm³/mol. The molecule has 8 aromatic carbocycles. The second kappa shape index (κ2) is 14.3. The Balaban J connectivity index is 0.980. The van der Waals surface area contributed by atoms with E-state index >= 15 is 0 Å². The zero-order valence-corrected chi connectivity index (χ0v) is 36.4. The maximum Gasteiger partial charge on any atom is 0.778 e. The Morgan fingerprint density at radius 3 is 1.08 bits per heavy atom. The highest BCUT2D eigenvalue weighted by Crippen LogP contribution is 2.55. The molecule has 0 saturated carbocycles. The average molecular weight is 795 g/mol. The van der Waals surface area contributed by atoms with Gasteiger partial charge in [-0.15, -0.1) is 0 Å². The van der Waals surface area contributed by atoms with Crippen LogP contribution in [0.25, 0.3) is 89.0 Å². The zero-order valence-electron chi connectivity index (χ0n) is 35.4. The number of rotatable bonds is 8. The Hall–Kier alpha value is -6.62. The monoisotopic (exact) mass is 794 g/mol. The molecule has 292 valence electrons. The largest absolute Gasteiger partial charge is 0.778 e. The topological polar surface area (TPSA) is 35.5 Å². The van der Waals surface area contributed by atoms with Crippen molar-refractivity contribution in [1.29, 1.82) is 0 Å². The molecule has 0 aliphatic heterocycles. The summed E-state index contributed by atoms with van der Waals surface area (Å²) in [6.45, 7) is 17.4. The van der Waals surface area contributed by atoms with Gasteiger partial charge in [0, 0.05) is 0 Å². The lowest BCUT2D eigenvalue weighted by molar-refractivity contribution is 0.344. The van der Waals surface area contributed by atoms with Crippen molar-refractivity contribution >= 4 is 9.17 Å². The van der Waals surface area contributed by atoms with E-state index in [0.29, 0.717) is 11.5 Å². The first-order valence-electron chi connectivity index (χ1n) is 20.8. The Labute approximate surface area is 354 Å². The molecular formula is C56H46O3Si. The van der Waals surface area contributed by atoms with Crippen molar-refractivity contribution in [1.82, 2.24) is 0 Å². The lowest BCUT2D eigenvalue weighted by atomic mass is 9.87. The number of fused-ring (bicyclic) bond motifs is 10. The van der Waals surface area contributed by atoms with Crippen molar-refractivity contribution in [2.24, 2.45) is 0 Å². The van der Waals surface area contributed by atoms with Gasteiger partial charge in [0.25, 0.3) is 0 Å². The maximum atomic E-state index is 14.0. The third-order valence-corrected chi connectivity index (χ3v) is 14.0. The van der Waals surface area contributed by atoms with Crippen molar-refractivity contribution in [3.8, 4) is 101 Å². The van der Waals surface area contributed by atoms with Crippen molar-refractivity contribution in [2.45, 2.75) is 55.4 Å². The van der Waals surface area contributed by atoms with E-state index in [0.717, 1.165) is 33.4 Å². The van der Waals surface area contributed by atoms with Gasteiger partial charge in [0.05, 0.1) is 0 Å². The molecule has 0 spiro atoms. The molecule has 0 unspecified atom stereocenters. The minimum absolute atomic E-state index is 0.566. The second-order valence-corrected chi connectivity index (χ2v) is 17.5. The van der Waals surface area contributed by atoms with Crippen LogP contribution in [0.1, 0.15) is 44.5 Å². The van der Waals surface area contributed by atoms with Crippen LogP contribution in [-0.4, -0.2) is 9.17 Å². The Morgan fingerprint density at radius 2 is 0.683 bits per heavy atom. The molecule has 4 bridgehead atoms. The summed E-state index contributed by atoms with van der Waals surface area (Å²) >= 11 is 0. The Bertz CT molecular complexity index is 2910. The second-order valence-electron chi connectivity index (χ2n) is 16.6. The summed E-state index contributed by atoms with van der Waals surface area (Å²) in [5.41, 5.74) is 28.9. The van der Waals surface area contributed by atoms with Crippen molar-refractivity contribution < 1.29 is 13.3 Å². The summed E-state index contributed by atoms with van der Waals surface area (Å²) < 4.78 is 26.6. The first-order chi connectivity index (χ1) is 29.0. The molecule has 0 fully saturated rings. The molecule has 0 heterocycles. The van der Waals surface area contributed by atoms with Crippen LogP contribution in [0.15, 0.2) is 133 Å². The smallest absolute Gasteiger partial charge is 0.459 e. The highest BCUT2D eigenvalue weighted by Gasteiger charge is 2.31. The zero-order chi connectivity index (χ0) is 41.6. The molecule has 2 aliphatic rings. The molecule has 0 amide bonds. The minimum Gasteiger partial charge on any atom is -0.459 e. The third-order valence-electron chi connectivity index (χ3n) is 13.2. The molecule has 0 aromatic heterocycles. The van der Waals surface area contributed by atoms with Crippen molar-refractivity contribution in [2.75, 3.05) is 0 Å². The van der Waals surface area contributed by atoms with E-state index in [9.17, 15) is 4.46 Å². The summed E-state index contributed by atoms with van der Waals surface area (Å²) in [4.78, 5) is 0. The molecule has 0 N–H and O–H groups in total. The van der Waals surface area contributed by atoms with Gasteiger partial charge in [-0.3, -0.25) is 4.46 Å². The van der Waals surface area contributed by atoms with Crippen LogP contribution < -0.4 is 8.85 Å². The normalized spacial score (nSPS) is 11.7. The van der Waals surface area contributed by atoms with Gasteiger partial charge in [-0.25, -0.2) is 0 Å². The standard InChI is InChI=1S/C56H46O3Si/c1-31-25-27-49(37(7)51(31)47-29-45-33(3)53(35(47)5)55-41(21-15-23-43(45)55)39-17-11-9-12-18-39)58-60(57)59-50-28-26-32(2)52(38(50)8)48-30-46-34(4)54(36(48)6)56-42(22-16-24-44(46)56)40-19-13-10-14-20-40/h9-30H,1-8H3. The number of aryl methyl sites for hydroxylation is 2. The fourth-order valence-electron chi connectivity index (χ4n) is 10.4. The Morgan fingerprint density at radius 1 is 0.317 bits per heavy atom. The average Bonchev–Trinajstić information content (AvgIpc) is 3.59. The van der Waals surface area contributed by atoms with Gasteiger partial charge >= 0.3 is 9.17 Å². The van der Waals surface area contributed by atoms with Crippen molar-refractivity contribution in [3.63, 3.8) is 0 Å². The van der Waals surface area contributed by atoms with Crippen molar-refractivity contribution in [3.05, 3.63) is 178 Å². The van der Waals surface area contributed by atoms with Crippen LogP contribution >= 0.6 is 0 Å². The molecule has 8 aromatic rings. The van der Waals surface area contributed by atoms with Crippen LogP contribution in [0.3, 0.4) is 0 Å². The number of hydrogen-bond acceptors (Lipinski definition) is 3. The van der Waals surface area contributed by atoms with Gasteiger partial charge in [0.1, 0.15) is 11.5 Å². The van der Waals surface area contributed by atoms with Crippen LogP contribution in [0, 0.1) is 55.4 Å². The van der Waals surface area contributed by atoms with E-state index in [1.54, 1.807) is 0 Å². The first kappa shape index (κ1) is 37.6. The van der Waals surface area contributed by atoms with Gasteiger partial charge in [-0.2, -0.15) is 0 Å². The van der Waals surface area contributed by atoms with E-state index < -0.39 is 9.17 Å². The van der Waals surface area contributed by atoms with E-state index in [-0.39, 0.29) is 0 Å². The molecule has 0 saturated heterocycles. The maximum absolute atomic E-state index is 14.0. The fourth-order valence-corrected chi connectivity index (χ4v) is 11.2. The van der Waals surface area contributed by atoms with Gasteiger partial charge < -0.3 is 8.85 Å². The quantitative estimate of drug-likeness (QED) is 0.144. The van der Waals surface area contributed by atoms with Gasteiger partial charge in [0.15, 0.2) is 0 Å². The summed E-state index contributed by atoms with van der Waals surface area (Å²) in [6, 6.07) is 47.3. The lowest BCUT2D eigenvalue weighted by Crippen LogP contribution is -2.20. The molecule has 2 aliphatic carbocycles. The SMILES string of the molecule is Cc1ccc(O[Si](=O)Oc2ccc(C)c(-c3cc4c(C)c(c3C)-c3c(-c5ccccc5)cccc3-4)c2C)c(C)c1-c1cc2c(C)c(c1C)-c1c(-c3ccccc3)cccc1-2. The number of benzene rings is 8. The fraction of sp³-hybridized carbons (Fsp3) is 0.143. The molecule has 10 rings (SSSR count). The first-order valence-corrected chi connectivity index (χ1v) is 22.0. The van der Waals surface area contributed by atoms with E-state index in [2.05, 4.69) is 177 Å². The molecule has 0 atom stereocenters. The lowest BCUT2D eigenvalue weighted by Gasteiger charge is -2.20.